The molecular weight excluding hydrogens is 1430 g/mol. The van der Waals surface area contributed by atoms with Crippen molar-refractivity contribution in [2.24, 2.45) is 0 Å². The van der Waals surface area contributed by atoms with Crippen LogP contribution in [0.25, 0.3) is 44.8 Å². The van der Waals surface area contributed by atoms with Gasteiger partial charge in [-0.2, -0.15) is 9.97 Å². The smallest absolute Gasteiger partial charge is 0.410 e. The Labute approximate surface area is 629 Å². The summed E-state index contributed by atoms with van der Waals surface area (Å²) in [5, 5.41) is 11.2. The molecule has 2 aliphatic carbocycles. The van der Waals surface area contributed by atoms with Crippen molar-refractivity contribution >= 4 is 84.4 Å². The molecule has 13 rings (SSSR count). The Morgan fingerprint density at radius 1 is 0.529 bits per heavy atom. The molecule has 4 aromatic heterocycles. The van der Waals surface area contributed by atoms with E-state index in [1.54, 1.807) is 4.90 Å². The fourth-order valence-electron chi connectivity index (χ4n) is 14.3. The molecule has 2 saturated carbocycles. The number of aromatic nitrogens is 6. The number of hydrogen-bond donors (Lipinski definition) is 1. The molecule has 27 heteroatoms. The highest BCUT2D eigenvalue weighted by Gasteiger charge is 2.54. The monoisotopic (exact) mass is 1540 g/mol. The molecule has 6 aromatic rings. The van der Waals surface area contributed by atoms with Gasteiger partial charge in [0.25, 0.3) is 0 Å². The highest BCUT2D eigenvalue weighted by atomic mass is 35.5. The van der Waals surface area contributed by atoms with Gasteiger partial charge in [0.2, 0.25) is 0 Å². The van der Waals surface area contributed by atoms with Crippen LogP contribution in [0.2, 0.25) is 97.7 Å². The molecule has 9 heterocycles. The number of halogens is 2. The minimum atomic E-state index is -2.02. The van der Waals surface area contributed by atoms with Crippen LogP contribution in [-0.2, 0) is 60.2 Å². The normalized spacial score (nSPS) is 26.4. The van der Waals surface area contributed by atoms with Gasteiger partial charge in [-0.25, -0.2) is 14.8 Å². The van der Waals surface area contributed by atoms with Crippen LogP contribution in [0.5, 0.6) is 12.0 Å². The second-order valence-corrected chi connectivity index (χ2v) is 56.8. The third-order valence-electron chi connectivity index (χ3n) is 22.9. The molecule has 0 spiro atoms. The number of nitrogens with zero attached hydrogens (tertiary/aromatic N) is 7. The van der Waals surface area contributed by atoms with E-state index in [9.17, 15) is 9.90 Å². The average molecular weight is 1550 g/mol. The van der Waals surface area contributed by atoms with Crippen LogP contribution in [0.1, 0.15) is 116 Å². The van der Waals surface area contributed by atoms with Crippen molar-refractivity contribution in [1.82, 2.24) is 34.0 Å². The number of aliphatic hydroxyl groups excluding tert-OH is 1. The van der Waals surface area contributed by atoms with Gasteiger partial charge >= 0.3 is 18.1 Å². The Morgan fingerprint density at radius 2 is 0.904 bits per heavy atom. The van der Waals surface area contributed by atoms with E-state index in [0.717, 1.165) is 74.6 Å². The first-order chi connectivity index (χ1) is 49.2. The topological polar surface area (TPSA) is 213 Å². The summed E-state index contributed by atoms with van der Waals surface area (Å²) in [5.74, 6) is 0.874. The number of pyridine rings is 2. The van der Waals surface area contributed by atoms with Gasteiger partial charge in [0, 0.05) is 53.6 Å². The Hall–Kier alpha value is -4.40. The van der Waals surface area contributed by atoms with Crippen molar-refractivity contribution in [2.45, 2.75) is 267 Å². The Balaban J connectivity index is 0.000000198. The van der Waals surface area contributed by atoms with Crippen molar-refractivity contribution in [1.29, 1.82) is 0 Å². The zero-order chi connectivity index (χ0) is 74.3. The average Bonchev–Trinajstić information content (AvgIpc) is 1.61. The molecule has 1 amide bonds. The Kier molecular flexibility index (Phi) is 24.9. The first-order valence-electron chi connectivity index (χ1n) is 38.0. The fraction of sp³-hybridized carbons (Fsp3) is 0.675. The fourth-order valence-corrected chi connectivity index (χ4v) is 18.9. The van der Waals surface area contributed by atoms with Crippen LogP contribution in [0, 0.1) is 0 Å². The van der Waals surface area contributed by atoms with E-state index in [-0.39, 0.29) is 90.7 Å². The van der Waals surface area contributed by atoms with Crippen molar-refractivity contribution in [2.75, 3.05) is 65.9 Å². The number of imidazole rings is 2. The predicted octanol–water partition coefficient (Wildman–Crippen LogP) is 16.5. The summed E-state index contributed by atoms with van der Waals surface area (Å²) < 4.78 is 79.4. The van der Waals surface area contributed by atoms with Gasteiger partial charge in [-0.15, -0.1) is 0 Å². The second-order valence-electron chi connectivity index (χ2n) is 35.2. The first-order valence-corrected chi connectivity index (χ1v) is 52.0. The number of carbonyl (C=O) groups is 1. The zero-order valence-corrected chi connectivity index (χ0v) is 69.9. The minimum Gasteiger partial charge on any atom is -0.456 e. The number of fused-ring (bicyclic) bond motifs is 4. The Morgan fingerprint density at radius 3 is 1.29 bits per heavy atom. The van der Waals surface area contributed by atoms with Crippen LogP contribution in [-0.4, -0.2) is 205 Å². The zero-order valence-electron chi connectivity index (χ0n) is 64.4. The van der Waals surface area contributed by atoms with Crippen LogP contribution in [0.15, 0.2) is 60.7 Å². The third-order valence-corrected chi connectivity index (χ3v) is 35.9. The summed E-state index contributed by atoms with van der Waals surface area (Å²) in [6.07, 6.45) is 5.09. The molecule has 5 saturated heterocycles. The van der Waals surface area contributed by atoms with E-state index < -0.39 is 32.8 Å². The highest BCUT2D eigenvalue weighted by Crippen LogP contribution is 2.45. The predicted molar refractivity (Wildman–Crippen MR) is 417 cm³/mol. The molecule has 5 aliphatic heterocycles. The maximum absolute atomic E-state index is 12.6. The molecular formula is C77H115Cl2N7O14Si4. The lowest BCUT2D eigenvalue weighted by Crippen LogP contribution is -2.47. The second kappa shape index (κ2) is 32.7. The first kappa shape index (κ1) is 79.2. The SMILES string of the molecule is CC(C)(C)[Si](C)(C)O[C@@H]1CO[C@H]2[C@@H]1OC[C@H]2Oc1nc2cc(Cl)c(-c3ccc(C4CCC(O)CC4)cc3)nc2n1COCC[Si](C)(C)C.CC(C)(C)[Si](C)(C)O[C@@H]1CO[C@H]2[C@@H]1OC[C@H]2Oc1nc2cc(Cl)c(-c3ccc(C4CCC(OC(=O)N5CCOCC5)CC4)cc3)nc2n1COCC[Si](C)(C)C. The van der Waals surface area contributed by atoms with Crippen molar-refractivity contribution in [3.8, 4) is 34.5 Å². The number of ether oxygens (including phenoxy) is 10. The maximum Gasteiger partial charge on any atom is 0.410 e. The number of aliphatic hydroxyl groups is 1. The van der Waals surface area contributed by atoms with Crippen molar-refractivity contribution < 1.29 is 66.1 Å². The molecule has 21 nitrogen and oxygen atoms in total. The van der Waals surface area contributed by atoms with E-state index in [1.165, 1.54) is 11.1 Å². The summed E-state index contributed by atoms with van der Waals surface area (Å²) >= 11 is 13.8. The quantitative estimate of drug-likeness (QED) is 0.0466. The highest BCUT2D eigenvalue weighted by molar-refractivity contribution is 6.76. The van der Waals surface area contributed by atoms with Gasteiger partial charge in [0.1, 0.15) is 55.0 Å². The van der Waals surface area contributed by atoms with Gasteiger partial charge in [0.15, 0.2) is 40.1 Å². The number of hydrogen-bond acceptors (Lipinski definition) is 18. The van der Waals surface area contributed by atoms with Gasteiger partial charge in [-0.3, -0.25) is 9.13 Å². The van der Waals surface area contributed by atoms with E-state index in [0.29, 0.717) is 134 Å². The minimum absolute atomic E-state index is 0.0413. The Bertz CT molecular complexity index is 3880. The number of amides is 1. The lowest BCUT2D eigenvalue weighted by Gasteiger charge is -2.39. The van der Waals surface area contributed by atoms with Crippen LogP contribution in [0.4, 0.5) is 4.79 Å². The van der Waals surface area contributed by atoms with Crippen molar-refractivity contribution in [3.63, 3.8) is 0 Å². The summed E-state index contributed by atoms with van der Waals surface area (Å²) in [6.45, 7) is 42.4. The molecule has 0 unspecified atom stereocenters. The molecule has 0 radical (unpaired) electrons. The summed E-state index contributed by atoms with van der Waals surface area (Å²) in [6, 6.07) is 23.7. The molecule has 2 aromatic carbocycles. The van der Waals surface area contributed by atoms with E-state index in [2.05, 4.69) is 156 Å². The summed E-state index contributed by atoms with van der Waals surface area (Å²) in [7, 11) is -6.61. The van der Waals surface area contributed by atoms with Gasteiger partial charge < -0.3 is 66.2 Å². The molecule has 104 heavy (non-hydrogen) atoms. The van der Waals surface area contributed by atoms with Crippen LogP contribution < -0.4 is 9.47 Å². The van der Waals surface area contributed by atoms with Crippen LogP contribution >= 0.6 is 23.2 Å². The summed E-state index contributed by atoms with van der Waals surface area (Å²) in [5.41, 5.74) is 8.36. The molecule has 0 bridgehead atoms. The van der Waals surface area contributed by atoms with E-state index in [4.69, 9.17) is 99.4 Å². The van der Waals surface area contributed by atoms with E-state index in [1.807, 2.05) is 21.3 Å². The molecule has 7 fully saturated rings. The van der Waals surface area contributed by atoms with Crippen molar-refractivity contribution in [3.05, 3.63) is 81.8 Å². The largest absolute Gasteiger partial charge is 0.456 e. The van der Waals surface area contributed by atoms with Gasteiger partial charge in [0.05, 0.1) is 79.4 Å². The van der Waals surface area contributed by atoms with Gasteiger partial charge in [-0.05, 0) is 135 Å². The molecule has 572 valence electrons. The number of morpholine rings is 1. The van der Waals surface area contributed by atoms with E-state index >= 15 is 0 Å². The lowest BCUT2D eigenvalue weighted by atomic mass is 9.82. The molecule has 7 aliphatic rings. The number of carbonyl (C=O) groups excluding carboxylic acids is 1. The lowest BCUT2D eigenvalue weighted by molar-refractivity contribution is 0.00444. The maximum atomic E-state index is 12.6. The van der Waals surface area contributed by atoms with Gasteiger partial charge in [-0.1, -0.05) is 153 Å². The standard InChI is InChI=1S/C41H61ClN4O8Si2.C36H54ClN3O6Si2/c1-41(2,3)56(7,8)54-34-25-51-36-33(24-50-37(34)36)53-39-43-32-23-31(42)35(44-38(32)46(39)26-49-21-22-55(4,5)6)29-11-9-27(10-12-29)28-13-15-30(16-14-28)52-40(47)45-17-19-48-20-18-45;1-36(2,3)48(7,8)46-30-21-44-32-29(20-43-33(30)32)45-35-38-28-19-27(37)31(39-34(28)40(35)22-42-17-18-47(4,5)6)25-11-9-23(10-12-25)24-13-15-26(41)16-14-24/h9-12,23,28,30,33-34,36-37H,13-22,24-26H2,1-8H3;9-12,19,24,26,29-30,32-33,41H,13-18,20-22H2,1-8H3/t28?,30?,33-,34-,36-,37-;24?,26?,29-,30-,32-,33-/m11/s1. The molecule has 1 N–H and O–H groups in total. The van der Waals surface area contributed by atoms with Crippen LogP contribution in [0.3, 0.4) is 0 Å². The number of rotatable bonds is 23. The third kappa shape index (κ3) is 18.9. The summed E-state index contributed by atoms with van der Waals surface area (Å²) in [4.78, 5) is 34.3. The number of benzene rings is 2. The molecule has 8 atom stereocenters.